The number of hydrogen-bond acceptors (Lipinski definition) is 4. The first kappa shape index (κ1) is 14.7. The summed E-state index contributed by atoms with van der Waals surface area (Å²) in [5.74, 6) is 0.364. The van der Waals surface area contributed by atoms with Gasteiger partial charge in [0.25, 0.3) is 0 Å². The molecule has 0 bridgehead atoms. The summed E-state index contributed by atoms with van der Waals surface area (Å²) >= 11 is 0. The molecule has 0 radical (unpaired) electrons. The minimum atomic E-state index is -3.46. The number of rotatable bonds is 5. The van der Waals surface area contributed by atoms with Crippen LogP contribution in [0.3, 0.4) is 0 Å². The first-order valence-electron chi connectivity index (χ1n) is 6.94. The number of sulfonamides is 1. The molecular weight excluding hydrogens is 266 g/mol. The summed E-state index contributed by atoms with van der Waals surface area (Å²) < 4.78 is 25.5. The Morgan fingerprint density at radius 2 is 1.74 bits per heavy atom. The van der Waals surface area contributed by atoms with Crippen molar-refractivity contribution in [3.8, 4) is 0 Å². The highest BCUT2D eigenvalue weighted by Crippen LogP contribution is 2.26. The number of carbonyl (C=O) groups is 1. The van der Waals surface area contributed by atoms with Crippen LogP contribution in [0.1, 0.15) is 13.8 Å². The molecule has 19 heavy (non-hydrogen) atoms. The quantitative estimate of drug-likeness (QED) is 0.729. The molecule has 2 atom stereocenters. The fraction of sp³-hybridized carbons (Fsp3) is 0.917. The Morgan fingerprint density at radius 1 is 1.21 bits per heavy atom. The zero-order valence-electron chi connectivity index (χ0n) is 11.6. The van der Waals surface area contributed by atoms with Crippen LogP contribution in [-0.2, 0) is 14.8 Å². The minimum Gasteiger partial charge on any atom is -0.341 e. The lowest BCUT2D eigenvalue weighted by Crippen LogP contribution is -2.41. The molecular formula is C12H23N3O3S. The van der Waals surface area contributed by atoms with Crippen LogP contribution in [0.25, 0.3) is 0 Å². The average molecular weight is 289 g/mol. The zero-order valence-corrected chi connectivity index (χ0v) is 12.4. The number of nitrogens with one attached hydrogen (secondary N) is 1. The number of amides is 1. The smallest absolute Gasteiger partial charge is 0.239 e. The Kier molecular flexibility index (Phi) is 4.47. The summed E-state index contributed by atoms with van der Waals surface area (Å²) in [7, 11) is -3.46. The molecule has 2 aliphatic rings. The van der Waals surface area contributed by atoms with Crippen molar-refractivity contribution in [2.45, 2.75) is 13.8 Å². The molecule has 0 spiro atoms. The molecule has 0 aromatic rings. The lowest BCUT2D eigenvalue weighted by molar-refractivity contribution is -0.127. The van der Waals surface area contributed by atoms with Gasteiger partial charge < -0.3 is 10.2 Å². The zero-order chi connectivity index (χ0) is 14.0. The lowest BCUT2D eigenvalue weighted by atomic mass is 10.0. The van der Waals surface area contributed by atoms with Gasteiger partial charge in [-0.3, -0.25) is 4.79 Å². The van der Waals surface area contributed by atoms with Crippen molar-refractivity contribution in [1.29, 1.82) is 0 Å². The van der Waals surface area contributed by atoms with E-state index in [-0.39, 0.29) is 11.7 Å². The maximum atomic E-state index is 12.1. The number of fused-ring (bicyclic) bond motifs is 1. The Morgan fingerprint density at radius 3 is 2.21 bits per heavy atom. The van der Waals surface area contributed by atoms with Gasteiger partial charge in [-0.2, -0.15) is 0 Å². The first-order chi connectivity index (χ1) is 8.97. The topological polar surface area (TPSA) is 69.7 Å². The molecule has 2 saturated heterocycles. The van der Waals surface area contributed by atoms with E-state index in [1.807, 2.05) is 0 Å². The molecule has 2 aliphatic heterocycles. The largest absolute Gasteiger partial charge is 0.341 e. The van der Waals surface area contributed by atoms with E-state index in [1.165, 1.54) is 4.31 Å². The molecule has 0 saturated carbocycles. The molecule has 0 aliphatic carbocycles. The second kappa shape index (κ2) is 5.76. The maximum absolute atomic E-state index is 12.1. The lowest BCUT2D eigenvalue weighted by Gasteiger charge is -2.21. The van der Waals surface area contributed by atoms with Crippen LogP contribution in [0.5, 0.6) is 0 Å². The molecule has 6 nitrogen and oxygen atoms in total. The predicted molar refractivity (Wildman–Crippen MR) is 73.1 cm³/mol. The molecule has 1 amide bonds. The van der Waals surface area contributed by atoms with Gasteiger partial charge in [0.1, 0.15) is 5.75 Å². The number of likely N-dealkylation sites (tertiary alicyclic amines) is 1. The number of nitrogens with zero attached hydrogens (tertiary/aromatic N) is 2. The van der Waals surface area contributed by atoms with E-state index in [9.17, 15) is 13.2 Å². The van der Waals surface area contributed by atoms with Gasteiger partial charge in [0, 0.05) is 39.3 Å². The van der Waals surface area contributed by atoms with Gasteiger partial charge in [-0.25, -0.2) is 12.7 Å². The molecule has 1 N–H and O–H groups in total. The molecule has 2 heterocycles. The van der Waals surface area contributed by atoms with Crippen LogP contribution < -0.4 is 5.32 Å². The normalized spacial score (nSPS) is 27.0. The van der Waals surface area contributed by atoms with Crippen molar-refractivity contribution in [3.05, 3.63) is 0 Å². The monoisotopic (exact) mass is 289 g/mol. The van der Waals surface area contributed by atoms with E-state index >= 15 is 0 Å². The van der Waals surface area contributed by atoms with Crippen LogP contribution in [0.4, 0.5) is 0 Å². The van der Waals surface area contributed by atoms with Crippen LogP contribution >= 0.6 is 0 Å². The standard InChI is InChI=1S/C12H23N3O3S/c1-3-15(4-2)19(17,18)9-12(16)14-7-10-5-13-6-11(10)8-14/h10-11,13H,3-9H2,1-2H3/t10-,11+. The highest BCUT2D eigenvalue weighted by molar-refractivity contribution is 7.89. The summed E-state index contributed by atoms with van der Waals surface area (Å²) in [4.78, 5) is 13.8. The van der Waals surface area contributed by atoms with Gasteiger partial charge in [0.15, 0.2) is 0 Å². The molecule has 110 valence electrons. The summed E-state index contributed by atoms with van der Waals surface area (Å²) in [5, 5.41) is 3.30. The van der Waals surface area contributed by atoms with Crippen molar-refractivity contribution < 1.29 is 13.2 Å². The van der Waals surface area contributed by atoms with Crippen molar-refractivity contribution in [2.24, 2.45) is 11.8 Å². The van der Waals surface area contributed by atoms with Gasteiger partial charge >= 0.3 is 0 Å². The first-order valence-corrected chi connectivity index (χ1v) is 8.55. The van der Waals surface area contributed by atoms with Gasteiger partial charge in [-0.05, 0) is 11.8 Å². The van der Waals surface area contributed by atoms with Crippen LogP contribution in [0.15, 0.2) is 0 Å². The van der Waals surface area contributed by atoms with Crippen LogP contribution in [0, 0.1) is 11.8 Å². The fourth-order valence-electron chi connectivity index (χ4n) is 3.01. The van der Waals surface area contributed by atoms with Gasteiger partial charge in [0.2, 0.25) is 15.9 Å². The molecule has 0 aromatic carbocycles. The van der Waals surface area contributed by atoms with Crippen LogP contribution in [-0.4, -0.2) is 68.6 Å². The summed E-state index contributed by atoms with van der Waals surface area (Å²) in [6.07, 6.45) is 0. The highest BCUT2D eigenvalue weighted by atomic mass is 32.2. The third kappa shape index (κ3) is 3.09. The summed E-state index contributed by atoms with van der Waals surface area (Å²) in [6, 6.07) is 0. The summed E-state index contributed by atoms with van der Waals surface area (Å²) in [6.45, 7) is 7.69. The second-order valence-corrected chi connectivity index (χ2v) is 7.29. The Bertz CT molecular complexity index is 422. The molecule has 7 heteroatoms. The van der Waals surface area contributed by atoms with Gasteiger partial charge in [0.05, 0.1) is 0 Å². The van der Waals surface area contributed by atoms with Crippen LogP contribution in [0.2, 0.25) is 0 Å². The van der Waals surface area contributed by atoms with Gasteiger partial charge in [-0.1, -0.05) is 13.8 Å². The predicted octanol–water partition coefficient (Wildman–Crippen LogP) is -0.664. The van der Waals surface area contributed by atoms with Crippen molar-refractivity contribution >= 4 is 15.9 Å². The van der Waals surface area contributed by atoms with Crippen molar-refractivity contribution in [2.75, 3.05) is 45.0 Å². The minimum absolute atomic E-state index is 0.249. The van der Waals surface area contributed by atoms with Crippen molar-refractivity contribution in [3.63, 3.8) is 0 Å². The maximum Gasteiger partial charge on any atom is 0.239 e. The van der Waals surface area contributed by atoms with Gasteiger partial charge in [-0.15, -0.1) is 0 Å². The third-order valence-electron chi connectivity index (χ3n) is 4.15. The molecule has 2 fully saturated rings. The Hall–Kier alpha value is -0.660. The molecule has 2 rings (SSSR count). The average Bonchev–Trinajstić information content (AvgIpc) is 2.89. The SMILES string of the molecule is CCN(CC)S(=O)(=O)CC(=O)N1C[C@H]2CNC[C@H]2C1. The molecule has 0 aromatic heterocycles. The second-order valence-electron chi connectivity index (χ2n) is 5.32. The number of carbonyl (C=O) groups excluding carboxylic acids is 1. The number of hydrogen-bond donors (Lipinski definition) is 1. The Labute approximate surface area is 115 Å². The van der Waals surface area contributed by atoms with E-state index in [0.29, 0.717) is 38.0 Å². The van der Waals surface area contributed by atoms with E-state index in [2.05, 4.69) is 5.32 Å². The van der Waals surface area contributed by atoms with E-state index in [4.69, 9.17) is 0 Å². The van der Waals surface area contributed by atoms with E-state index in [1.54, 1.807) is 18.7 Å². The fourth-order valence-corrected chi connectivity index (χ4v) is 4.48. The van der Waals surface area contributed by atoms with E-state index in [0.717, 1.165) is 13.1 Å². The molecule has 0 unspecified atom stereocenters. The Balaban J connectivity index is 1.94. The van der Waals surface area contributed by atoms with E-state index < -0.39 is 10.0 Å². The highest BCUT2D eigenvalue weighted by Gasteiger charge is 2.39. The van der Waals surface area contributed by atoms with Crippen molar-refractivity contribution in [1.82, 2.24) is 14.5 Å². The summed E-state index contributed by atoms with van der Waals surface area (Å²) in [5.41, 5.74) is 0. The third-order valence-corrected chi connectivity index (χ3v) is 6.06.